The van der Waals surface area contributed by atoms with Crippen LogP contribution in [0.2, 0.25) is 0 Å². The predicted molar refractivity (Wildman–Crippen MR) is 54.2 cm³/mol. The molecule has 0 spiro atoms. The van der Waals surface area contributed by atoms with Gasteiger partial charge in [-0.2, -0.15) is 4.98 Å². The van der Waals surface area contributed by atoms with Gasteiger partial charge >= 0.3 is 0 Å². The Kier molecular flexibility index (Phi) is 2.21. The number of nitrogens with one attached hydrogen (secondary N) is 1. The number of hydrogen-bond donors (Lipinski definition) is 1. The second-order valence-electron chi connectivity index (χ2n) is 4.60. The summed E-state index contributed by atoms with van der Waals surface area (Å²) in [6.07, 6.45) is 0. The Bertz CT molecular complexity index is 339. The molecular weight excluding hydrogens is 192 g/mol. The van der Waals surface area contributed by atoms with Gasteiger partial charge in [0.1, 0.15) is 0 Å². The monoisotopic (exact) mass is 208 g/mol. The van der Waals surface area contributed by atoms with E-state index in [0.717, 1.165) is 24.2 Å². The number of nitrogens with zero attached hydrogens (tertiary/aromatic N) is 3. The first-order valence-corrected chi connectivity index (χ1v) is 5.53. The molecular formula is C10H16N4O. The van der Waals surface area contributed by atoms with E-state index in [1.165, 1.54) is 26.2 Å². The molecule has 2 aliphatic heterocycles. The van der Waals surface area contributed by atoms with Crippen LogP contribution in [0.5, 0.6) is 0 Å². The third kappa shape index (κ3) is 1.77. The molecule has 5 nitrogen and oxygen atoms in total. The Labute approximate surface area is 88.8 Å². The van der Waals surface area contributed by atoms with Gasteiger partial charge in [0.05, 0.1) is 6.54 Å². The third-order valence-corrected chi connectivity index (χ3v) is 3.40. The van der Waals surface area contributed by atoms with Gasteiger partial charge in [-0.05, 0) is 24.9 Å². The highest BCUT2D eigenvalue weighted by atomic mass is 16.5. The maximum absolute atomic E-state index is 4.97. The molecule has 2 fully saturated rings. The summed E-state index contributed by atoms with van der Waals surface area (Å²) in [6, 6.07) is 0. The molecule has 0 bridgehead atoms. The van der Waals surface area contributed by atoms with Gasteiger partial charge in [-0.25, -0.2) is 0 Å². The van der Waals surface area contributed by atoms with Crippen LogP contribution in [-0.4, -0.2) is 41.2 Å². The first-order valence-electron chi connectivity index (χ1n) is 5.53. The highest BCUT2D eigenvalue weighted by Crippen LogP contribution is 2.26. The number of fused-ring (bicyclic) bond motifs is 1. The van der Waals surface area contributed by atoms with Crippen LogP contribution in [0.1, 0.15) is 11.7 Å². The van der Waals surface area contributed by atoms with Crippen molar-refractivity contribution in [3.8, 4) is 0 Å². The lowest BCUT2D eigenvalue weighted by Gasteiger charge is -2.13. The van der Waals surface area contributed by atoms with Gasteiger partial charge in [-0.15, -0.1) is 0 Å². The molecule has 1 aromatic heterocycles. The van der Waals surface area contributed by atoms with E-state index in [-0.39, 0.29) is 0 Å². The summed E-state index contributed by atoms with van der Waals surface area (Å²) in [6.45, 7) is 7.36. The lowest BCUT2D eigenvalue weighted by atomic mass is 10.0. The molecule has 1 aromatic rings. The molecule has 2 saturated heterocycles. The van der Waals surface area contributed by atoms with E-state index in [2.05, 4.69) is 20.4 Å². The van der Waals surface area contributed by atoms with Gasteiger partial charge in [0.25, 0.3) is 0 Å². The van der Waals surface area contributed by atoms with Crippen LogP contribution in [0.3, 0.4) is 0 Å². The zero-order valence-corrected chi connectivity index (χ0v) is 8.94. The SMILES string of the molecule is Cc1nc(CN2C[C@H]3CNC[C@H]3C2)no1. The molecule has 3 rings (SSSR count). The highest BCUT2D eigenvalue weighted by Gasteiger charge is 2.36. The van der Waals surface area contributed by atoms with Gasteiger partial charge in [-0.1, -0.05) is 5.16 Å². The third-order valence-electron chi connectivity index (χ3n) is 3.40. The minimum absolute atomic E-state index is 0.658. The van der Waals surface area contributed by atoms with Gasteiger partial charge in [0.2, 0.25) is 5.89 Å². The number of aryl methyl sites for hydroxylation is 1. The minimum atomic E-state index is 0.658. The fourth-order valence-electron chi connectivity index (χ4n) is 2.69. The van der Waals surface area contributed by atoms with Gasteiger partial charge in [0.15, 0.2) is 5.82 Å². The molecule has 2 aliphatic rings. The largest absolute Gasteiger partial charge is 0.340 e. The fourth-order valence-corrected chi connectivity index (χ4v) is 2.69. The van der Waals surface area contributed by atoms with Crippen molar-refractivity contribution < 1.29 is 4.52 Å². The van der Waals surface area contributed by atoms with Crippen molar-refractivity contribution >= 4 is 0 Å². The number of likely N-dealkylation sites (tertiary alicyclic amines) is 1. The molecule has 0 amide bonds. The standard InChI is InChI=1S/C10H16N4O/c1-7-12-10(13-15-7)6-14-4-8-2-11-3-9(8)5-14/h8-9,11H,2-6H2,1H3/t8-,9+. The first kappa shape index (κ1) is 9.30. The van der Waals surface area contributed by atoms with E-state index < -0.39 is 0 Å². The number of aromatic nitrogens is 2. The highest BCUT2D eigenvalue weighted by molar-refractivity contribution is 4.93. The Morgan fingerprint density at radius 3 is 2.73 bits per heavy atom. The van der Waals surface area contributed by atoms with Crippen molar-refractivity contribution in [1.29, 1.82) is 0 Å². The average Bonchev–Trinajstić information content (AvgIpc) is 2.81. The molecule has 1 N–H and O–H groups in total. The van der Waals surface area contributed by atoms with Crippen LogP contribution in [-0.2, 0) is 6.54 Å². The molecule has 0 aliphatic carbocycles. The quantitative estimate of drug-likeness (QED) is 0.743. The molecule has 5 heteroatoms. The maximum Gasteiger partial charge on any atom is 0.223 e. The van der Waals surface area contributed by atoms with Crippen LogP contribution < -0.4 is 5.32 Å². The lowest BCUT2D eigenvalue weighted by molar-refractivity contribution is 0.290. The first-order chi connectivity index (χ1) is 7.31. The summed E-state index contributed by atoms with van der Waals surface area (Å²) in [5, 5.41) is 7.37. The van der Waals surface area contributed by atoms with E-state index in [0.29, 0.717) is 5.89 Å². The van der Waals surface area contributed by atoms with E-state index in [4.69, 9.17) is 4.52 Å². The van der Waals surface area contributed by atoms with E-state index in [1.807, 2.05) is 6.92 Å². The smallest absolute Gasteiger partial charge is 0.223 e. The second-order valence-corrected chi connectivity index (χ2v) is 4.60. The summed E-state index contributed by atoms with van der Waals surface area (Å²) in [5.74, 6) is 3.14. The van der Waals surface area contributed by atoms with Crippen molar-refractivity contribution in [2.24, 2.45) is 11.8 Å². The number of hydrogen-bond acceptors (Lipinski definition) is 5. The Balaban J connectivity index is 1.61. The normalized spacial score (nSPS) is 31.0. The maximum atomic E-state index is 4.97. The van der Waals surface area contributed by atoms with Crippen LogP contribution in [0.25, 0.3) is 0 Å². The molecule has 0 saturated carbocycles. The Morgan fingerprint density at radius 1 is 1.40 bits per heavy atom. The van der Waals surface area contributed by atoms with Crippen molar-refractivity contribution in [1.82, 2.24) is 20.4 Å². The summed E-state index contributed by atoms with van der Waals surface area (Å²) >= 11 is 0. The summed E-state index contributed by atoms with van der Waals surface area (Å²) in [5.41, 5.74) is 0. The van der Waals surface area contributed by atoms with Crippen LogP contribution >= 0.6 is 0 Å². The van der Waals surface area contributed by atoms with Crippen LogP contribution in [0.15, 0.2) is 4.52 Å². The fraction of sp³-hybridized carbons (Fsp3) is 0.800. The van der Waals surface area contributed by atoms with Crippen LogP contribution in [0, 0.1) is 18.8 Å². The summed E-state index contributed by atoms with van der Waals surface area (Å²) in [7, 11) is 0. The zero-order chi connectivity index (χ0) is 10.3. The molecule has 3 heterocycles. The number of rotatable bonds is 2. The van der Waals surface area contributed by atoms with Gasteiger partial charge in [0, 0.05) is 20.0 Å². The van der Waals surface area contributed by atoms with E-state index >= 15 is 0 Å². The van der Waals surface area contributed by atoms with Crippen molar-refractivity contribution in [2.75, 3.05) is 26.2 Å². The average molecular weight is 208 g/mol. The van der Waals surface area contributed by atoms with Gasteiger partial charge < -0.3 is 9.84 Å². The summed E-state index contributed by atoms with van der Waals surface area (Å²) in [4.78, 5) is 6.66. The van der Waals surface area contributed by atoms with Gasteiger partial charge in [-0.3, -0.25) is 4.90 Å². The summed E-state index contributed by atoms with van der Waals surface area (Å²) < 4.78 is 4.97. The molecule has 2 atom stereocenters. The Hall–Kier alpha value is -0.940. The molecule has 0 aromatic carbocycles. The van der Waals surface area contributed by atoms with Crippen molar-refractivity contribution in [3.05, 3.63) is 11.7 Å². The zero-order valence-electron chi connectivity index (χ0n) is 8.94. The predicted octanol–water partition coefficient (Wildman–Crippen LogP) is 0.0292. The van der Waals surface area contributed by atoms with E-state index in [9.17, 15) is 0 Å². The molecule has 0 radical (unpaired) electrons. The van der Waals surface area contributed by atoms with Crippen molar-refractivity contribution in [3.63, 3.8) is 0 Å². The topological polar surface area (TPSA) is 54.2 Å². The molecule has 0 unspecified atom stereocenters. The Morgan fingerprint density at radius 2 is 2.13 bits per heavy atom. The minimum Gasteiger partial charge on any atom is -0.340 e. The van der Waals surface area contributed by atoms with Crippen molar-refractivity contribution in [2.45, 2.75) is 13.5 Å². The lowest BCUT2D eigenvalue weighted by Crippen LogP contribution is -2.25. The molecule has 15 heavy (non-hydrogen) atoms. The molecule has 82 valence electrons. The van der Waals surface area contributed by atoms with E-state index in [1.54, 1.807) is 0 Å². The van der Waals surface area contributed by atoms with Crippen LogP contribution in [0.4, 0.5) is 0 Å². The second kappa shape index (κ2) is 3.57.